The summed E-state index contributed by atoms with van der Waals surface area (Å²) in [4.78, 5) is 6.72. The molecule has 3 rings (SSSR count). The molecule has 0 radical (unpaired) electrons. The zero-order chi connectivity index (χ0) is 14.5. The van der Waals surface area contributed by atoms with Crippen molar-refractivity contribution in [2.45, 2.75) is 13.0 Å². The second-order valence-corrected chi connectivity index (χ2v) is 5.14. The van der Waals surface area contributed by atoms with Gasteiger partial charge in [0.15, 0.2) is 0 Å². The van der Waals surface area contributed by atoms with Gasteiger partial charge in [0.05, 0.1) is 19.8 Å². The molecule has 0 spiro atoms. The van der Waals surface area contributed by atoms with E-state index in [4.69, 9.17) is 15.0 Å². The lowest BCUT2D eigenvalue weighted by Gasteiger charge is -2.24. The number of morpholine rings is 1. The van der Waals surface area contributed by atoms with Crippen LogP contribution in [0.4, 0.5) is 0 Å². The lowest BCUT2D eigenvalue weighted by molar-refractivity contribution is 0.0297. The largest absolute Gasteiger partial charge is 0.379 e. The predicted octanol–water partition coefficient (Wildman–Crippen LogP) is 1.07. The van der Waals surface area contributed by atoms with Crippen LogP contribution in [-0.2, 0) is 17.7 Å². The summed E-state index contributed by atoms with van der Waals surface area (Å²) in [6.45, 7) is 4.69. The number of aromatic nitrogens is 2. The van der Waals surface area contributed by atoms with Crippen LogP contribution >= 0.6 is 0 Å². The summed E-state index contributed by atoms with van der Waals surface area (Å²) in [5, 5.41) is 4.06. The molecule has 0 amide bonds. The highest BCUT2D eigenvalue weighted by atomic mass is 16.5. The quantitative estimate of drug-likeness (QED) is 0.887. The minimum Gasteiger partial charge on any atom is -0.379 e. The van der Waals surface area contributed by atoms with Gasteiger partial charge in [0.25, 0.3) is 0 Å². The Hall–Kier alpha value is -1.76. The highest BCUT2D eigenvalue weighted by Crippen LogP contribution is 2.17. The summed E-state index contributed by atoms with van der Waals surface area (Å²) >= 11 is 0. The Morgan fingerprint density at radius 1 is 1.14 bits per heavy atom. The van der Waals surface area contributed by atoms with E-state index in [1.165, 1.54) is 5.56 Å². The molecule has 0 aliphatic carbocycles. The Kier molecular flexibility index (Phi) is 4.59. The number of nitrogens with two attached hydrogens (primary N) is 1. The van der Waals surface area contributed by atoms with Gasteiger partial charge < -0.3 is 15.0 Å². The SMILES string of the molecule is NCCc1ccc(-c2noc(CN3CCOCC3)n2)cc1. The van der Waals surface area contributed by atoms with Gasteiger partial charge in [0.2, 0.25) is 11.7 Å². The van der Waals surface area contributed by atoms with Crippen LogP contribution in [0.2, 0.25) is 0 Å². The second kappa shape index (κ2) is 6.80. The van der Waals surface area contributed by atoms with E-state index >= 15 is 0 Å². The maximum Gasteiger partial charge on any atom is 0.241 e. The average molecular weight is 288 g/mol. The first-order valence-electron chi connectivity index (χ1n) is 7.27. The molecule has 1 fully saturated rings. The lowest BCUT2D eigenvalue weighted by Crippen LogP contribution is -2.35. The van der Waals surface area contributed by atoms with Crippen molar-refractivity contribution < 1.29 is 9.26 Å². The van der Waals surface area contributed by atoms with E-state index in [2.05, 4.69) is 27.2 Å². The first kappa shape index (κ1) is 14.2. The molecule has 0 unspecified atom stereocenters. The van der Waals surface area contributed by atoms with E-state index in [1.54, 1.807) is 0 Å². The molecule has 1 aliphatic heterocycles. The zero-order valence-corrected chi connectivity index (χ0v) is 12.0. The van der Waals surface area contributed by atoms with Gasteiger partial charge in [0, 0.05) is 18.7 Å². The molecule has 0 saturated carbocycles. The molecule has 1 aromatic carbocycles. The minimum absolute atomic E-state index is 0.637. The van der Waals surface area contributed by atoms with Crippen LogP contribution in [0, 0.1) is 0 Å². The Morgan fingerprint density at radius 2 is 1.90 bits per heavy atom. The minimum atomic E-state index is 0.637. The van der Waals surface area contributed by atoms with Gasteiger partial charge in [-0.3, -0.25) is 4.90 Å². The van der Waals surface area contributed by atoms with Crippen molar-refractivity contribution in [3.05, 3.63) is 35.7 Å². The molecule has 2 heterocycles. The summed E-state index contributed by atoms with van der Waals surface area (Å²) < 4.78 is 10.7. The molecule has 2 N–H and O–H groups in total. The normalized spacial score (nSPS) is 16.2. The van der Waals surface area contributed by atoms with Crippen molar-refractivity contribution in [1.82, 2.24) is 15.0 Å². The van der Waals surface area contributed by atoms with Crippen LogP contribution in [0.15, 0.2) is 28.8 Å². The number of ether oxygens (including phenoxy) is 1. The molecule has 0 bridgehead atoms. The molecular weight excluding hydrogens is 268 g/mol. The van der Waals surface area contributed by atoms with Gasteiger partial charge in [-0.1, -0.05) is 29.4 Å². The molecule has 6 heteroatoms. The average Bonchev–Trinajstić information content (AvgIpc) is 2.98. The first-order chi connectivity index (χ1) is 10.3. The molecule has 2 aromatic rings. The van der Waals surface area contributed by atoms with Crippen molar-refractivity contribution in [2.75, 3.05) is 32.8 Å². The van der Waals surface area contributed by atoms with E-state index in [-0.39, 0.29) is 0 Å². The zero-order valence-electron chi connectivity index (χ0n) is 12.0. The standard InChI is InChI=1S/C15H20N4O2/c16-6-5-12-1-3-13(4-2-12)15-17-14(21-18-15)11-19-7-9-20-10-8-19/h1-4H,5-11,16H2. The maximum atomic E-state index is 5.55. The number of nitrogens with zero attached hydrogens (tertiary/aromatic N) is 3. The highest BCUT2D eigenvalue weighted by molar-refractivity contribution is 5.54. The predicted molar refractivity (Wildman–Crippen MR) is 78.6 cm³/mol. The van der Waals surface area contributed by atoms with Gasteiger partial charge in [-0.2, -0.15) is 4.98 Å². The molecule has 1 aromatic heterocycles. The summed E-state index contributed by atoms with van der Waals surface area (Å²) in [5.74, 6) is 1.29. The molecule has 21 heavy (non-hydrogen) atoms. The molecule has 112 valence electrons. The molecule has 1 aliphatic rings. The van der Waals surface area contributed by atoms with Crippen LogP contribution in [0.25, 0.3) is 11.4 Å². The number of hydrogen-bond acceptors (Lipinski definition) is 6. The van der Waals surface area contributed by atoms with Crippen molar-refractivity contribution in [3.8, 4) is 11.4 Å². The number of rotatable bonds is 5. The summed E-state index contributed by atoms with van der Waals surface area (Å²) in [6.07, 6.45) is 0.884. The molecule has 0 atom stereocenters. The Labute approximate surface area is 123 Å². The van der Waals surface area contributed by atoms with Gasteiger partial charge in [-0.05, 0) is 18.5 Å². The van der Waals surface area contributed by atoms with E-state index in [0.717, 1.165) is 38.3 Å². The third-order valence-corrected chi connectivity index (χ3v) is 3.58. The fourth-order valence-corrected chi connectivity index (χ4v) is 2.37. The fraction of sp³-hybridized carbons (Fsp3) is 0.467. The Balaban J connectivity index is 1.66. The van der Waals surface area contributed by atoms with E-state index < -0.39 is 0 Å². The topological polar surface area (TPSA) is 77.4 Å². The van der Waals surface area contributed by atoms with Crippen LogP contribution < -0.4 is 5.73 Å². The van der Waals surface area contributed by atoms with E-state index in [0.29, 0.717) is 24.8 Å². The van der Waals surface area contributed by atoms with E-state index in [9.17, 15) is 0 Å². The van der Waals surface area contributed by atoms with Crippen LogP contribution in [0.5, 0.6) is 0 Å². The summed E-state index contributed by atoms with van der Waals surface area (Å²) in [5.41, 5.74) is 7.73. The van der Waals surface area contributed by atoms with Crippen molar-refractivity contribution in [3.63, 3.8) is 0 Å². The fourth-order valence-electron chi connectivity index (χ4n) is 2.37. The summed E-state index contributed by atoms with van der Waals surface area (Å²) in [6, 6.07) is 8.13. The third-order valence-electron chi connectivity index (χ3n) is 3.58. The highest BCUT2D eigenvalue weighted by Gasteiger charge is 2.15. The summed E-state index contributed by atoms with van der Waals surface area (Å²) in [7, 11) is 0. The van der Waals surface area contributed by atoms with Crippen molar-refractivity contribution in [2.24, 2.45) is 5.73 Å². The molecular formula is C15H20N4O2. The van der Waals surface area contributed by atoms with Gasteiger partial charge in [0.1, 0.15) is 0 Å². The van der Waals surface area contributed by atoms with Crippen LogP contribution in [-0.4, -0.2) is 47.9 Å². The third kappa shape index (κ3) is 3.66. The van der Waals surface area contributed by atoms with Crippen molar-refractivity contribution in [1.29, 1.82) is 0 Å². The lowest BCUT2D eigenvalue weighted by atomic mass is 10.1. The van der Waals surface area contributed by atoms with Gasteiger partial charge in [-0.25, -0.2) is 0 Å². The number of benzene rings is 1. The smallest absolute Gasteiger partial charge is 0.241 e. The van der Waals surface area contributed by atoms with E-state index in [1.807, 2.05) is 12.1 Å². The molecule has 6 nitrogen and oxygen atoms in total. The van der Waals surface area contributed by atoms with Crippen LogP contribution in [0.3, 0.4) is 0 Å². The Morgan fingerprint density at radius 3 is 2.62 bits per heavy atom. The van der Waals surface area contributed by atoms with Crippen molar-refractivity contribution >= 4 is 0 Å². The maximum absolute atomic E-state index is 5.55. The first-order valence-corrected chi connectivity index (χ1v) is 7.27. The number of hydrogen-bond donors (Lipinski definition) is 1. The van der Waals surface area contributed by atoms with Gasteiger partial charge in [-0.15, -0.1) is 0 Å². The van der Waals surface area contributed by atoms with Crippen LogP contribution in [0.1, 0.15) is 11.5 Å². The monoisotopic (exact) mass is 288 g/mol. The Bertz CT molecular complexity index is 561. The molecule has 1 saturated heterocycles. The van der Waals surface area contributed by atoms with Gasteiger partial charge >= 0.3 is 0 Å². The second-order valence-electron chi connectivity index (χ2n) is 5.14.